The summed E-state index contributed by atoms with van der Waals surface area (Å²) in [5.41, 5.74) is 8.53. The van der Waals surface area contributed by atoms with Gasteiger partial charge in [-0.2, -0.15) is 0 Å². The SMILES string of the molecule is OC[C@H]1O[C@@H](O[C@H]2[C@H](O)[C@@H](O)C(c3cccc(C4=Cc5cc6ccc(cc7ccc(cc8nc(cc4n5)C=C8)[nH]7)[nH]6)c3)O[C@@H]2CO)[C@H](O)[C@@H](O)[C@H]1O. The van der Waals surface area contributed by atoms with E-state index < -0.39 is 74.4 Å². The number of nitrogens with one attached hydrogen (secondary N) is 2. The Labute approximate surface area is 296 Å². The van der Waals surface area contributed by atoms with E-state index in [9.17, 15) is 35.7 Å². The van der Waals surface area contributed by atoms with Crippen LogP contribution in [-0.2, 0) is 14.2 Å². The highest BCUT2D eigenvalue weighted by Crippen LogP contribution is 2.38. The molecule has 1 unspecified atom stereocenters. The maximum Gasteiger partial charge on any atom is 0.187 e. The van der Waals surface area contributed by atoms with Gasteiger partial charge in [-0.3, -0.25) is 0 Å². The van der Waals surface area contributed by atoms with Gasteiger partial charge in [-0.1, -0.05) is 18.2 Å². The predicted octanol–water partition coefficient (Wildman–Crippen LogP) is 1.41. The van der Waals surface area contributed by atoms with E-state index in [2.05, 4.69) is 9.97 Å². The molecule has 0 spiro atoms. The molecule has 14 heteroatoms. The number of aromatic nitrogens is 4. The summed E-state index contributed by atoms with van der Waals surface area (Å²) in [6.07, 6.45) is -9.05. The number of rotatable bonds is 6. The number of ether oxygens (including phenoxy) is 3. The van der Waals surface area contributed by atoms with Gasteiger partial charge in [0.15, 0.2) is 6.29 Å². The molecule has 3 aromatic heterocycles. The molecule has 0 radical (unpaired) electrons. The molecule has 270 valence electrons. The summed E-state index contributed by atoms with van der Waals surface area (Å²) in [6.45, 7) is -1.32. The van der Waals surface area contributed by atoms with Crippen LogP contribution in [0.1, 0.15) is 40.0 Å². The molecule has 8 rings (SSSR count). The lowest BCUT2D eigenvalue weighted by atomic mass is 9.89. The molecule has 0 amide bonds. The molecule has 4 aliphatic rings. The van der Waals surface area contributed by atoms with Gasteiger partial charge in [0.1, 0.15) is 54.9 Å². The van der Waals surface area contributed by atoms with Crippen LogP contribution in [0.15, 0.2) is 72.8 Å². The molecule has 9 N–H and O–H groups in total. The fraction of sp³-hybridized carbons (Fsp3) is 0.316. The van der Waals surface area contributed by atoms with Crippen LogP contribution < -0.4 is 0 Å². The third-order valence-electron chi connectivity index (χ3n) is 9.70. The van der Waals surface area contributed by atoms with E-state index in [0.717, 1.165) is 38.9 Å². The Morgan fingerprint density at radius 1 is 0.615 bits per heavy atom. The summed E-state index contributed by atoms with van der Waals surface area (Å²) in [5.74, 6) is 0. The third-order valence-corrected chi connectivity index (χ3v) is 9.70. The quantitative estimate of drug-likeness (QED) is 0.120. The fourth-order valence-electron chi connectivity index (χ4n) is 6.99. The summed E-state index contributed by atoms with van der Waals surface area (Å²) in [4.78, 5) is 16.5. The van der Waals surface area contributed by atoms with E-state index in [1.807, 2.05) is 78.9 Å². The van der Waals surface area contributed by atoms with E-state index in [1.54, 1.807) is 12.1 Å². The zero-order chi connectivity index (χ0) is 36.1. The Bertz CT molecular complexity index is 2180. The van der Waals surface area contributed by atoms with Gasteiger partial charge in [0.2, 0.25) is 0 Å². The molecular formula is C38H38N4O10. The first-order valence-corrected chi connectivity index (χ1v) is 16.9. The molecule has 8 bridgehead atoms. The maximum absolute atomic E-state index is 11.3. The van der Waals surface area contributed by atoms with Crippen LogP contribution in [0.2, 0.25) is 0 Å². The van der Waals surface area contributed by atoms with E-state index in [4.69, 9.17) is 24.2 Å². The number of aliphatic hydroxyl groups is 7. The number of aliphatic hydroxyl groups excluding tert-OH is 7. The summed E-state index contributed by atoms with van der Waals surface area (Å²) in [5, 5.41) is 73.2. The van der Waals surface area contributed by atoms with Gasteiger partial charge >= 0.3 is 0 Å². The fourth-order valence-corrected chi connectivity index (χ4v) is 6.99. The number of benzene rings is 1. The van der Waals surface area contributed by atoms with Gasteiger partial charge in [-0.25, -0.2) is 9.97 Å². The van der Waals surface area contributed by atoms with Gasteiger partial charge in [-0.15, -0.1) is 0 Å². The number of hydrogen-bond donors (Lipinski definition) is 9. The van der Waals surface area contributed by atoms with Crippen LogP contribution in [0.4, 0.5) is 0 Å². The average molecular weight is 711 g/mol. The van der Waals surface area contributed by atoms with Crippen molar-refractivity contribution in [1.29, 1.82) is 0 Å². The molecule has 4 aliphatic heterocycles. The topological polar surface area (TPSA) is 227 Å². The van der Waals surface area contributed by atoms with Gasteiger partial charge in [0, 0.05) is 27.6 Å². The largest absolute Gasteiger partial charge is 0.394 e. The molecule has 52 heavy (non-hydrogen) atoms. The maximum atomic E-state index is 11.3. The van der Waals surface area contributed by atoms with Gasteiger partial charge in [-0.05, 0) is 84.0 Å². The molecule has 4 aromatic rings. The first-order valence-electron chi connectivity index (χ1n) is 16.9. The second-order valence-electron chi connectivity index (χ2n) is 13.3. The van der Waals surface area contributed by atoms with Crippen molar-refractivity contribution in [2.24, 2.45) is 0 Å². The zero-order valence-corrected chi connectivity index (χ0v) is 27.6. The van der Waals surface area contributed by atoms with Crippen LogP contribution >= 0.6 is 0 Å². The minimum atomic E-state index is -1.75. The van der Waals surface area contributed by atoms with Crippen LogP contribution in [0, 0.1) is 0 Å². The first-order chi connectivity index (χ1) is 25.2. The molecule has 7 heterocycles. The Hall–Kier alpha value is -4.58. The van der Waals surface area contributed by atoms with Gasteiger partial charge in [0.05, 0.1) is 36.0 Å². The summed E-state index contributed by atoms with van der Waals surface area (Å²) >= 11 is 0. The van der Waals surface area contributed by atoms with Crippen LogP contribution in [-0.4, -0.2) is 124 Å². The van der Waals surface area contributed by atoms with E-state index in [1.165, 1.54) is 0 Å². The Balaban J connectivity index is 1.11. The minimum Gasteiger partial charge on any atom is -0.394 e. The van der Waals surface area contributed by atoms with Crippen LogP contribution in [0.5, 0.6) is 0 Å². The van der Waals surface area contributed by atoms with Crippen molar-refractivity contribution in [3.8, 4) is 0 Å². The Kier molecular flexibility index (Phi) is 9.35. The lowest BCUT2D eigenvalue weighted by molar-refractivity contribution is -0.342. The Morgan fingerprint density at radius 3 is 1.96 bits per heavy atom. The van der Waals surface area contributed by atoms with Crippen molar-refractivity contribution in [2.45, 2.75) is 61.2 Å². The van der Waals surface area contributed by atoms with Crippen LogP contribution in [0.3, 0.4) is 0 Å². The normalized spacial score (nSPS) is 30.3. The monoisotopic (exact) mass is 710 g/mol. The average Bonchev–Trinajstić information content (AvgIpc) is 3.96. The van der Waals surface area contributed by atoms with Gasteiger partial charge in [0.25, 0.3) is 0 Å². The van der Waals surface area contributed by atoms with Crippen molar-refractivity contribution in [2.75, 3.05) is 13.2 Å². The number of hydrogen-bond acceptors (Lipinski definition) is 12. The highest BCUT2D eigenvalue weighted by molar-refractivity contribution is 5.93. The summed E-state index contributed by atoms with van der Waals surface area (Å²) in [6, 6.07) is 23.0. The molecular weight excluding hydrogens is 672 g/mol. The van der Waals surface area contributed by atoms with Crippen molar-refractivity contribution in [3.63, 3.8) is 0 Å². The summed E-state index contributed by atoms with van der Waals surface area (Å²) in [7, 11) is 0. The molecule has 1 aromatic carbocycles. The molecule has 0 aliphatic carbocycles. The van der Waals surface area contributed by atoms with Crippen molar-refractivity contribution >= 4 is 45.9 Å². The van der Waals surface area contributed by atoms with E-state index in [-0.39, 0.29) is 0 Å². The second-order valence-corrected chi connectivity index (χ2v) is 13.3. The smallest absolute Gasteiger partial charge is 0.187 e. The zero-order valence-electron chi connectivity index (χ0n) is 27.6. The van der Waals surface area contributed by atoms with Crippen molar-refractivity contribution < 1.29 is 50.0 Å². The van der Waals surface area contributed by atoms with E-state index in [0.29, 0.717) is 22.6 Å². The highest BCUT2D eigenvalue weighted by atomic mass is 16.7. The highest BCUT2D eigenvalue weighted by Gasteiger charge is 2.50. The Morgan fingerprint density at radius 2 is 1.27 bits per heavy atom. The third kappa shape index (κ3) is 6.61. The number of nitrogens with zero attached hydrogens (tertiary/aromatic N) is 2. The first kappa shape index (κ1) is 34.5. The van der Waals surface area contributed by atoms with Crippen LogP contribution in [0.25, 0.3) is 45.9 Å². The molecule has 2 fully saturated rings. The van der Waals surface area contributed by atoms with Crippen molar-refractivity contribution in [3.05, 3.63) is 107 Å². The lowest BCUT2D eigenvalue weighted by Crippen LogP contribution is -2.63. The van der Waals surface area contributed by atoms with Crippen molar-refractivity contribution in [1.82, 2.24) is 19.9 Å². The molecule has 2 saturated heterocycles. The van der Waals surface area contributed by atoms with Gasteiger partial charge < -0.3 is 59.9 Å². The number of fused-ring (bicyclic) bond motifs is 8. The standard InChI is InChI=1S/C38H38N4O10/c43-16-29-31(45)32(46)35(49)38(51-29)52-37-30(17-44)50-36(33(47)34(37)48)19-3-1-2-18(10-19)27-14-26-13-24-7-6-22(40-24)11-20-4-5-21(39-20)12-23-8-9-25(41-23)15-28(27)42-26/h1-15,29-40,43-49H,16-17H2/t29-,30-,31+,32+,33-,34-,35-,36?,37-,38+/m1/s1. The second kappa shape index (κ2) is 14.1. The number of aromatic amines is 2. The molecule has 0 saturated carbocycles. The molecule has 10 atom stereocenters. The number of H-pyrrole nitrogens is 2. The molecule has 14 nitrogen and oxygen atoms in total. The minimum absolute atomic E-state index is 0.503. The summed E-state index contributed by atoms with van der Waals surface area (Å²) < 4.78 is 17.3. The lowest BCUT2D eigenvalue weighted by Gasteiger charge is -2.46. The predicted molar refractivity (Wildman–Crippen MR) is 189 cm³/mol. The van der Waals surface area contributed by atoms with E-state index >= 15 is 0 Å².